The lowest BCUT2D eigenvalue weighted by molar-refractivity contribution is -0.143. The summed E-state index contributed by atoms with van der Waals surface area (Å²) in [7, 11) is 0. The predicted molar refractivity (Wildman–Crippen MR) is 95.1 cm³/mol. The average molecular weight is 326 g/mol. The summed E-state index contributed by atoms with van der Waals surface area (Å²) in [5.74, 6) is 0.799. The number of piperidine rings is 1. The Kier molecular flexibility index (Phi) is 4.09. The zero-order chi connectivity index (χ0) is 16.7. The second-order valence-corrected chi connectivity index (χ2v) is 7.36. The smallest absolute Gasteiger partial charge is 0.302 e. The Labute approximate surface area is 143 Å². The number of rotatable bonds is 4. The topological polar surface area (TPSA) is 45.3 Å². The largest absolute Gasteiger partial charge is 0.466 e. The summed E-state index contributed by atoms with van der Waals surface area (Å²) in [6.07, 6.45) is 5.59. The number of carbonyl (C=O) groups excluding carboxylic acids is 1. The molecule has 2 aromatic rings. The molecule has 0 bridgehead atoms. The van der Waals surface area contributed by atoms with Crippen LogP contribution >= 0.6 is 0 Å². The monoisotopic (exact) mass is 326 g/mol. The molecule has 1 aromatic heterocycles. The van der Waals surface area contributed by atoms with Gasteiger partial charge >= 0.3 is 5.97 Å². The van der Waals surface area contributed by atoms with E-state index in [4.69, 9.17) is 4.74 Å². The second kappa shape index (κ2) is 6.25. The number of aromatic amines is 1. The van der Waals surface area contributed by atoms with Crippen LogP contribution in [0.1, 0.15) is 43.7 Å². The van der Waals surface area contributed by atoms with E-state index in [1.165, 1.54) is 29.0 Å². The minimum Gasteiger partial charge on any atom is -0.466 e. The maximum absolute atomic E-state index is 11.2. The lowest BCUT2D eigenvalue weighted by Crippen LogP contribution is -2.51. The molecule has 4 heteroatoms. The molecule has 0 amide bonds. The number of nitrogens with one attached hydrogen (secondary N) is 1. The molecule has 0 saturated carbocycles. The fraction of sp³-hybridized carbons (Fsp3) is 0.550. The number of fused-ring (bicyclic) bond motifs is 2. The van der Waals surface area contributed by atoms with Gasteiger partial charge in [0.15, 0.2) is 0 Å². The molecule has 0 spiro atoms. The van der Waals surface area contributed by atoms with E-state index in [1.807, 2.05) is 0 Å². The average Bonchev–Trinajstić information content (AvgIpc) is 2.99. The summed E-state index contributed by atoms with van der Waals surface area (Å²) in [6.45, 7) is 6.46. The van der Waals surface area contributed by atoms with Crippen LogP contribution in [-0.2, 0) is 16.0 Å². The number of aromatic nitrogens is 1. The highest BCUT2D eigenvalue weighted by Crippen LogP contribution is 2.44. The van der Waals surface area contributed by atoms with Gasteiger partial charge in [-0.3, -0.25) is 9.69 Å². The third kappa shape index (κ3) is 2.63. The van der Waals surface area contributed by atoms with E-state index in [0.29, 0.717) is 24.5 Å². The van der Waals surface area contributed by atoms with E-state index < -0.39 is 0 Å². The molecule has 1 saturated heterocycles. The zero-order valence-electron chi connectivity index (χ0n) is 14.5. The number of nitrogens with zero attached hydrogens (tertiary/aromatic N) is 1. The standard InChI is InChI=1S/C20H26N2O2/c1-3-7-22-11-14(12-24-13(2)23)8-17-16-5-4-6-18-20(16)15(10-21-18)9-19(17)22/h4-6,10,14,17,19,21H,3,7-9,11-12H2,1-2H3. The molecule has 4 rings (SSSR count). The number of ether oxygens (including phenoxy) is 1. The molecule has 128 valence electrons. The molecular weight excluding hydrogens is 300 g/mol. The van der Waals surface area contributed by atoms with E-state index in [2.05, 4.69) is 41.2 Å². The van der Waals surface area contributed by atoms with Crippen LogP contribution in [0.5, 0.6) is 0 Å². The van der Waals surface area contributed by atoms with Crippen LogP contribution in [0, 0.1) is 5.92 Å². The molecule has 3 unspecified atom stereocenters. The highest BCUT2D eigenvalue weighted by molar-refractivity contribution is 5.88. The maximum atomic E-state index is 11.2. The van der Waals surface area contributed by atoms with E-state index >= 15 is 0 Å². The van der Waals surface area contributed by atoms with E-state index in [1.54, 1.807) is 0 Å². The minimum atomic E-state index is -0.169. The van der Waals surface area contributed by atoms with Gasteiger partial charge in [0, 0.05) is 48.4 Å². The highest BCUT2D eigenvalue weighted by atomic mass is 16.5. The SMILES string of the molecule is CCCN1CC(COC(C)=O)CC2c3cccc4[nH]cc(c34)CC21. The van der Waals surface area contributed by atoms with Gasteiger partial charge in [-0.25, -0.2) is 0 Å². The van der Waals surface area contributed by atoms with Crippen molar-refractivity contribution in [2.75, 3.05) is 19.7 Å². The van der Waals surface area contributed by atoms with E-state index in [9.17, 15) is 4.79 Å². The minimum absolute atomic E-state index is 0.169. The fourth-order valence-electron chi connectivity index (χ4n) is 4.80. The molecule has 2 aliphatic rings. The Morgan fingerprint density at radius 1 is 1.42 bits per heavy atom. The number of carbonyl (C=O) groups is 1. The number of H-pyrrole nitrogens is 1. The molecule has 24 heavy (non-hydrogen) atoms. The normalized spacial score (nSPS) is 26.3. The molecular formula is C20H26N2O2. The van der Waals surface area contributed by atoms with Gasteiger partial charge in [0.2, 0.25) is 0 Å². The summed E-state index contributed by atoms with van der Waals surface area (Å²) in [5.41, 5.74) is 4.19. The number of benzene rings is 1. The van der Waals surface area contributed by atoms with Gasteiger partial charge in [-0.1, -0.05) is 19.1 Å². The summed E-state index contributed by atoms with van der Waals surface area (Å²) in [4.78, 5) is 17.3. The van der Waals surface area contributed by atoms with Crippen molar-refractivity contribution in [2.24, 2.45) is 5.92 Å². The van der Waals surface area contributed by atoms with Crippen LogP contribution in [0.2, 0.25) is 0 Å². The Morgan fingerprint density at radius 3 is 3.08 bits per heavy atom. The summed E-state index contributed by atoms with van der Waals surface area (Å²) < 4.78 is 5.34. The van der Waals surface area contributed by atoms with Crippen LogP contribution < -0.4 is 0 Å². The van der Waals surface area contributed by atoms with Gasteiger partial charge in [0.1, 0.15) is 0 Å². The molecule has 1 N–H and O–H groups in total. The molecule has 4 nitrogen and oxygen atoms in total. The lowest BCUT2D eigenvalue weighted by atomic mass is 9.72. The zero-order valence-corrected chi connectivity index (χ0v) is 14.5. The van der Waals surface area contributed by atoms with Crippen LogP contribution in [0.15, 0.2) is 24.4 Å². The van der Waals surface area contributed by atoms with Crippen molar-refractivity contribution in [1.82, 2.24) is 9.88 Å². The van der Waals surface area contributed by atoms with Crippen molar-refractivity contribution in [3.8, 4) is 0 Å². The summed E-state index contributed by atoms with van der Waals surface area (Å²) >= 11 is 0. The van der Waals surface area contributed by atoms with Crippen molar-refractivity contribution in [2.45, 2.75) is 45.1 Å². The van der Waals surface area contributed by atoms with Crippen molar-refractivity contribution in [1.29, 1.82) is 0 Å². The lowest BCUT2D eigenvalue weighted by Gasteiger charge is -2.47. The van der Waals surface area contributed by atoms with Gasteiger partial charge in [0.25, 0.3) is 0 Å². The van der Waals surface area contributed by atoms with Crippen LogP contribution in [0.25, 0.3) is 10.9 Å². The number of esters is 1. The Hall–Kier alpha value is -1.81. The molecule has 0 radical (unpaired) electrons. The first-order valence-electron chi connectivity index (χ1n) is 9.13. The van der Waals surface area contributed by atoms with Crippen LogP contribution in [0.4, 0.5) is 0 Å². The third-order valence-electron chi connectivity index (χ3n) is 5.69. The first kappa shape index (κ1) is 15.7. The number of hydrogen-bond donors (Lipinski definition) is 1. The maximum Gasteiger partial charge on any atom is 0.302 e. The van der Waals surface area contributed by atoms with Gasteiger partial charge < -0.3 is 9.72 Å². The highest BCUT2D eigenvalue weighted by Gasteiger charge is 2.40. The molecule has 1 aliphatic heterocycles. The molecule has 1 aliphatic carbocycles. The van der Waals surface area contributed by atoms with Crippen LogP contribution in [0.3, 0.4) is 0 Å². The van der Waals surface area contributed by atoms with Crippen molar-refractivity contribution in [3.63, 3.8) is 0 Å². The van der Waals surface area contributed by atoms with Crippen molar-refractivity contribution >= 4 is 16.9 Å². The fourth-order valence-corrected chi connectivity index (χ4v) is 4.80. The van der Waals surface area contributed by atoms with E-state index in [0.717, 1.165) is 32.4 Å². The van der Waals surface area contributed by atoms with Gasteiger partial charge in [-0.2, -0.15) is 0 Å². The number of likely N-dealkylation sites (tertiary alicyclic amines) is 1. The summed E-state index contributed by atoms with van der Waals surface area (Å²) in [5, 5.41) is 1.43. The van der Waals surface area contributed by atoms with E-state index in [-0.39, 0.29) is 5.97 Å². The second-order valence-electron chi connectivity index (χ2n) is 7.36. The Balaban J connectivity index is 1.68. The molecule has 1 fully saturated rings. The van der Waals surface area contributed by atoms with Crippen LogP contribution in [-0.4, -0.2) is 41.6 Å². The number of hydrogen-bond acceptors (Lipinski definition) is 3. The quantitative estimate of drug-likeness (QED) is 0.875. The third-order valence-corrected chi connectivity index (χ3v) is 5.69. The molecule has 1 aromatic carbocycles. The summed E-state index contributed by atoms with van der Waals surface area (Å²) in [6, 6.07) is 7.22. The molecule has 2 heterocycles. The molecule has 3 atom stereocenters. The first-order chi connectivity index (χ1) is 11.7. The van der Waals surface area contributed by atoms with Gasteiger partial charge in [-0.05, 0) is 43.0 Å². The predicted octanol–water partition coefficient (Wildman–Crippen LogP) is 3.47. The first-order valence-corrected chi connectivity index (χ1v) is 9.13. The Morgan fingerprint density at radius 2 is 2.29 bits per heavy atom. The Bertz CT molecular complexity index is 751. The van der Waals surface area contributed by atoms with Gasteiger partial charge in [0.05, 0.1) is 6.61 Å². The van der Waals surface area contributed by atoms with Crippen molar-refractivity contribution in [3.05, 3.63) is 35.5 Å². The van der Waals surface area contributed by atoms with Crippen molar-refractivity contribution < 1.29 is 9.53 Å². The van der Waals surface area contributed by atoms with Gasteiger partial charge in [-0.15, -0.1) is 0 Å².